The molecule has 13 heavy (non-hydrogen) atoms. The average molecular weight is 176 g/mol. The second kappa shape index (κ2) is 4.61. The summed E-state index contributed by atoms with van der Waals surface area (Å²) in [4.78, 5) is 3.28. The third-order valence-electron chi connectivity index (χ3n) is 1.80. The van der Waals surface area contributed by atoms with Crippen LogP contribution in [0, 0.1) is 6.57 Å². The molecule has 1 unspecified atom stereocenters. The molecule has 3 N–H and O–H groups in total. The van der Waals surface area contributed by atoms with Gasteiger partial charge in [0.2, 0.25) is 0 Å². The quantitative estimate of drug-likeness (QED) is 0.677. The maximum Gasteiger partial charge on any atom is 0.187 e. The number of hydrogen-bond acceptors (Lipinski definition) is 2. The van der Waals surface area contributed by atoms with Crippen LogP contribution in [-0.2, 0) is 6.42 Å². The van der Waals surface area contributed by atoms with Crippen molar-refractivity contribution in [2.75, 3.05) is 6.61 Å². The first-order valence-corrected chi connectivity index (χ1v) is 4.09. The summed E-state index contributed by atoms with van der Waals surface area (Å²) in [7, 11) is 0. The van der Waals surface area contributed by atoms with Crippen LogP contribution < -0.4 is 5.73 Å². The molecule has 0 aliphatic carbocycles. The van der Waals surface area contributed by atoms with Gasteiger partial charge >= 0.3 is 0 Å². The molecular weight excluding hydrogens is 164 g/mol. The number of aliphatic hydroxyl groups is 1. The number of rotatable bonds is 3. The van der Waals surface area contributed by atoms with Crippen molar-refractivity contribution >= 4 is 5.69 Å². The summed E-state index contributed by atoms with van der Waals surface area (Å²) in [6.45, 7) is 6.74. The van der Waals surface area contributed by atoms with E-state index in [9.17, 15) is 0 Å². The monoisotopic (exact) mass is 176 g/mol. The highest BCUT2D eigenvalue weighted by molar-refractivity contribution is 5.45. The first kappa shape index (κ1) is 9.72. The fraction of sp³-hybridized carbons (Fsp3) is 0.300. The maximum atomic E-state index is 8.72. The van der Waals surface area contributed by atoms with Gasteiger partial charge < -0.3 is 10.8 Å². The second-order valence-corrected chi connectivity index (χ2v) is 2.93. The summed E-state index contributed by atoms with van der Waals surface area (Å²) < 4.78 is 0. The molecule has 0 aliphatic rings. The SMILES string of the molecule is [C-]#[N+]c1ccc(CC(N)CO)cc1. The molecule has 0 saturated carbocycles. The van der Waals surface area contributed by atoms with Gasteiger partial charge in [-0.1, -0.05) is 24.3 Å². The Balaban J connectivity index is 2.65. The normalized spacial score (nSPS) is 12.1. The lowest BCUT2D eigenvalue weighted by molar-refractivity contribution is 0.265. The molecule has 68 valence electrons. The lowest BCUT2D eigenvalue weighted by Gasteiger charge is -2.07. The molecule has 0 spiro atoms. The van der Waals surface area contributed by atoms with E-state index in [1.54, 1.807) is 12.1 Å². The minimum atomic E-state index is -0.209. The van der Waals surface area contributed by atoms with Gasteiger partial charge in [0.05, 0.1) is 13.2 Å². The van der Waals surface area contributed by atoms with E-state index in [-0.39, 0.29) is 12.6 Å². The average Bonchev–Trinajstić information content (AvgIpc) is 2.19. The van der Waals surface area contributed by atoms with Gasteiger partial charge in [0, 0.05) is 6.04 Å². The first-order valence-electron chi connectivity index (χ1n) is 4.09. The van der Waals surface area contributed by atoms with Crippen LogP contribution in [0.15, 0.2) is 24.3 Å². The predicted molar refractivity (Wildman–Crippen MR) is 51.5 cm³/mol. The molecule has 3 nitrogen and oxygen atoms in total. The smallest absolute Gasteiger partial charge is 0.187 e. The minimum absolute atomic E-state index is 0.00935. The van der Waals surface area contributed by atoms with Crippen molar-refractivity contribution in [1.29, 1.82) is 0 Å². The van der Waals surface area contributed by atoms with Gasteiger partial charge in [-0.3, -0.25) is 0 Å². The largest absolute Gasteiger partial charge is 0.395 e. The van der Waals surface area contributed by atoms with E-state index in [0.717, 1.165) is 5.56 Å². The van der Waals surface area contributed by atoms with Gasteiger partial charge in [-0.15, -0.1) is 0 Å². The van der Waals surface area contributed by atoms with Crippen LogP contribution >= 0.6 is 0 Å². The van der Waals surface area contributed by atoms with Crippen molar-refractivity contribution in [3.05, 3.63) is 41.2 Å². The molecule has 0 bridgehead atoms. The van der Waals surface area contributed by atoms with E-state index in [1.807, 2.05) is 12.1 Å². The number of hydrogen-bond donors (Lipinski definition) is 2. The van der Waals surface area contributed by atoms with E-state index in [1.165, 1.54) is 0 Å². The van der Waals surface area contributed by atoms with Crippen molar-refractivity contribution in [3.8, 4) is 0 Å². The molecule has 1 rings (SSSR count). The van der Waals surface area contributed by atoms with Crippen molar-refractivity contribution in [3.63, 3.8) is 0 Å². The van der Waals surface area contributed by atoms with Crippen LogP contribution in [-0.4, -0.2) is 17.8 Å². The topological polar surface area (TPSA) is 50.6 Å². The Labute approximate surface area is 77.6 Å². The highest BCUT2D eigenvalue weighted by Crippen LogP contribution is 2.13. The van der Waals surface area contributed by atoms with Crippen LogP contribution in [0.5, 0.6) is 0 Å². The minimum Gasteiger partial charge on any atom is -0.395 e. The molecule has 0 aromatic heterocycles. The van der Waals surface area contributed by atoms with E-state index in [2.05, 4.69) is 4.85 Å². The summed E-state index contributed by atoms with van der Waals surface area (Å²) in [5, 5.41) is 8.72. The highest BCUT2D eigenvalue weighted by Gasteiger charge is 2.01. The second-order valence-electron chi connectivity index (χ2n) is 2.93. The van der Waals surface area contributed by atoms with Gasteiger partial charge in [0.15, 0.2) is 5.69 Å². The lowest BCUT2D eigenvalue weighted by atomic mass is 10.1. The summed E-state index contributed by atoms with van der Waals surface area (Å²) >= 11 is 0. The van der Waals surface area contributed by atoms with Gasteiger partial charge in [-0.25, -0.2) is 4.85 Å². The molecule has 0 saturated heterocycles. The number of benzene rings is 1. The molecule has 0 aliphatic heterocycles. The summed E-state index contributed by atoms with van der Waals surface area (Å²) in [6, 6.07) is 7.03. The van der Waals surface area contributed by atoms with Crippen LogP contribution in [0.4, 0.5) is 5.69 Å². The van der Waals surface area contributed by atoms with Crippen LogP contribution in [0.3, 0.4) is 0 Å². The van der Waals surface area contributed by atoms with Gasteiger partial charge in [0.1, 0.15) is 0 Å². The Morgan fingerprint density at radius 3 is 2.46 bits per heavy atom. The zero-order chi connectivity index (χ0) is 9.68. The standard InChI is InChI=1S/C10H12N2O/c1-12-10-4-2-8(3-5-10)6-9(11)7-13/h2-5,9,13H,6-7,11H2. The fourth-order valence-corrected chi connectivity index (χ4v) is 1.07. The Bertz CT molecular complexity index is 300. The Morgan fingerprint density at radius 1 is 1.38 bits per heavy atom. The van der Waals surface area contributed by atoms with Crippen LogP contribution in [0.25, 0.3) is 4.85 Å². The van der Waals surface area contributed by atoms with E-state index in [0.29, 0.717) is 12.1 Å². The van der Waals surface area contributed by atoms with Crippen molar-refractivity contribution in [2.45, 2.75) is 12.5 Å². The van der Waals surface area contributed by atoms with Crippen LogP contribution in [0.2, 0.25) is 0 Å². The Morgan fingerprint density at radius 2 is 2.00 bits per heavy atom. The summed E-state index contributed by atoms with van der Waals surface area (Å²) in [5.41, 5.74) is 7.24. The van der Waals surface area contributed by atoms with E-state index < -0.39 is 0 Å². The third kappa shape index (κ3) is 2.86. The summed E-state index contributed by atoms with van der Waals surface area (Å²) in [5.74, 6) is 0. The Hall–Kier alpha value is -1.37. The molecule has 0 fully saturated rings. The van der Waals surface area contributed by atoms with E-state index >= 15 is 0 Å². The van der Waals surface area contributed by atoms with Crippen LogP contribution in [0.1, 0.15) is 5.56 Å². The van der Waals surface area contributed by atoms with Gasteiger partial charge in [0.25, 0.3) is 0 Å². The molecule has 1 aromatic rings. The molecule has 3 heteroatoms. The number of nitrogens with two attached hydrogens (primary N) is 1. The summed E-state index contributed by atoms with van der Waals surface area (Å²) in [6.07, 6.45) is 0.648. The Kier molecular flexibility index (Phi) is 3.44. The molecule has 1 aromatic carbocycles. The molecular formula is C10H12N2O. The van der Waals surface area contributed by atoms with Gasteiger partial charge in [-0.05, 0) is 12.0 Å². The van der Waals surface area contributed by atoms with Crippen molar-refractivity contribution in [2.24, 2.45) is 5.73 Å². The zero-order valence-electron chi connectivity index (χ0n) is 7.27. The fourth-order valence-electron chi connectivity index (χ4n) is 1.07. The van der Waals surface area contributed by atoms with Crippen molar-refractivity contribution < 1.29 is 5.11 Å². The van der Waals surface area contributed by atoms with Gasteiger partial charge in [-0.2, -0.15) is 0 Å². The molecule has 0 heterocycles. The highest BCUT2D eigenvalue weighted by atomic mass is 16.3. The molecule has 0 amide bonds. The number of nitrogens with zero attached hydrogens (tertiary/aromatic N) is 1. The van der Waals surface area contributed by atoms with Crippen molar-refractivity contribution in [1.82, 2.24) is 0 Å². The zero-order valence-corrected chi connectivity index (χ0v) is 7.27. The lowest BCUT2D eigenvalue weighted by Crippen LogP contribution is -2.26. The molecule has 1 atom stereocenters. The molecule has 0 radical (unpaired) electrons. The number of aliphatic hydroxyl groups excluding tert-OH is 1. The third-order valence-corrected chi connectivity index (χ3v) is 1.80. The predicted octanol–water partition coefficient (Wildman–Crippen LogP) is 1.10. The first-order chi connectivity index (χ1) is 6.26. The maximum absolute atomic E-state index is 8.72. The van der Waals surface area contributed by atoms with E-state index in [4.69, 9.17) is 17.4 Å².